The van der Waals surface area contributed by atoms with Gasteiger partial charge in [0.25, 0.3) is 14.1 Å². The van der Waals surface area contributed by atoms with Crippen LogP contribution in [0.2, 0.25) is 15.8 Å². The maximum Gasteiger partial charge on any atom is 0.261 e. The molecule has 0 aromatic heterocycles. The molecule has 0 radical (unpaired) electrons. The van der Waals surface area contributed by atoms with E-state index in [2.05, 4.69) is 33.4 Å². The fourth-order valence-electron chi connectivity index (χ4n) is 2.24. The molecule has 0 N–H and O–H groups in total. The Bertz CT molecular complexity index is 127. The minimum Gasteiger partial charge on any atom is -0.103 e. The van der Waals surface area contributed by atoms with Crippen molar-refractivity contribution < 1.29 is 0 Å². The summed E-state index contributed by atoms with van der Waals surface area (Å²) >= 11 is -0.171. The molecule has 0 aromatic carbocycles. The molecular weight excluding hydrogens is 195 g/mol. The van der Waals surface area contributed by atoms with Crippen LogP contribution >= 0.6 is 0 Å². The maximum atomic E-state index is 3.78. The van der Waals surface area contributed by atoms with Crippen molar-refractivity contribution >= 4 is 14.1 Å². The number of rotatable bonds is 4. The van der Waals surface area contributed by atoms with Crippen molar-refractivity contribution in [2.24, 2.45) is 5.92 Å². The predicted molar refractivity (Wildman–Crippen MR) is 74.0 cm³/mol. The van der Waals surface area contributed by atoms with E-state index in [0.717, 1.165) is 5.92 Å². The fraction of sp³-hybridized carbons (Fsp3) is 0.857. The van der Waals surface area contributed by atoms with Crippen molar-refractivity contribution in [3.05, 3.63) is 12.7 Å². The summed E-state index contributed by atoms with van der Waals surface area (Å²) in [5.41, 5.74) is 0. The molecule has 0 heterocycles. The van der Waals surface area contributed by atoms with Gasteiger partial charge in [-0.2, -0.15) is 0 Å². The van der Waals surface area contributed by atoms with Crippen LogP contribution in [0, 0.1) is 5.92 Å². The van der Waals surface area contributed by atoms with Gasteiger partial charge in [0.1, 0.15) is 0 Å². The van der Waals surface area contributed by atoms with E-state index in [4.69, 9.17) is 0 Å². The fourth-order valence-corrected chi connectivity index (χ4v) is 3.97. The topological polar surface area (TPSA) is 0 Å². The predicted octanol–water partition coefficient (Wildman–Crippen LogP) is 5.29. The first-order chi connectivity index (χ1) is 7.28. The van der Waals surface area contributed by atoms with Crippen LogP contribution in [0.3, 0.4) is 0 Å². The third kappa shape index (κ3) is 8.12. The van der Waals surface area contributed by atoms with Crippen LogP contribution in [0.4, 0.5) is 0 Å². The average molecular weight is 224 g/mol. The van der Waals surface area contributed by atoms with Crippen molar-refractivity contribution in [1.82, 2.24) is 0 Å². The molecule has 1 heteroatoms. The van der Waals surface area contributed by atoms with Crippen molar-refractivity contribution in [2.45, 2.75) is 68.7 Å². The zero-order valence-corrected chi connectivity index (χ0v) is 12.3. The lowest BCUT2D eigenvalue weighted by Crippen LogP contribution is -2.04. The van der Waals surface area contributed by atoms with Gasteiger partial charge in [-0.25, -0.2) is 0 Å². The van der Waals surface area contributed by atoms with Gasteiger partial charge in [0.15, 0.2) is 0 Å². The van der Waals surface area contributed by atoms with Crippen molar-refractivity contribution in [3.8, 4) is 0 Å². The molecule has 15 heavy (non-hydrogen) atoms. The van der Waals surface area contributed by atoms with E-state index in [9.17, 15) is 0 Å². The molecule has 1 fully saturated rings. The zero-order valence-electron chi connectivity index (χ0n) is 11.1. The summed E-state index contributed by atoms with van der Waals surface area (Å²) in [6, 6.07) is 0. The highest BCUT2D eigenvalue weighted by atomic mass is 27.2. The molecule has 0 spiro atoms. The molecule has 0 amide bonds. The Morgan fingerprint density at radius 3 is 1.67 bits per heavy atom. The van der Waals surface area contributed by atoms with Gasteiger partial charge in [0, 0.05) is 0 Å². The Kier molecular flexibility index (Phi) is 11.0. The van der Waals surface area contributed by atoms with E-state index >= 15 is 0 Å². The molecule has 88 valence electrons. The lowest BCUT2D eigenvalue weighted by Gasteiger charge is -2.16. The summed E-state index contributed by atoms with van der Waals surface area (Å²) in [6.45, 7) is 10.8. The minimum atomic E-state index is -0.171. The molecule has 1 aliphatic carbocycles. The van der Waals surface area contributed by atoms with E-state index in [1.54, 1.807) is 0 Å². The molecule has 0 saturated heterocycles. The van der Waals surface area contributed by atoms with E-state index in [-0.39, 0.29) is 14.1 Å². The first kappa shape index (κ1) is 15.3. The van der Waals surface area contributed by atoms with Crippen molar-refractivity contribution in [2.75, 3.05) is 0 Å². The van der Waals surface area contributed by atoms with Crippen LogP contribution in [-0.2, 0) is 0 Å². The van der Waals surface area contributed by atoms with Gasteiger partial charge in [-0.05, 0) is 18.8 Å². The summed E-state index contributed by atoms with van der Waals surface area (Å²) in [5.74, 6) is 0.851. The van der Waals surface area contributed by atoms with Gasteiger partial charge >= 0.3 is 0 Å². The second kappa shape index (κ2) is 10.8. The number of allylic oxidation sites excluding steroid dienone is 1. The van der Waals surface area contributed by atoms with Crippen LogP contribution in [-0.4, -0.2) is 14.1 Å². The standard InChI is InChI=1S/C8H14.3C2H5.Al/c1-2-8-6-4-3-5-7-8;3*1-2;/h2,8H,1,3-7H2;3*1H2,2H3;. The van der Waals surface area contributed by atoms with Gasteiger partial charge in [-0.3, -0.25) is 0 Å². The summed E-state index contributed by atoms with van der Waals surface area (Å²) < 4.78 is 0. The molecule has 1 aliphatic rings. The Hall–Kier alpha value is 0.272. The molecule has 1 rings (SSSR count). The smallest absolute Gasteiger partial charge is 0.103 e. The first-order valence-electron chi connectivity index (χ1n) is 6.90. The van der Waals surface area contributed by atoms with Crippen LogP contribution < -0.4 is 0 Å². The van der Waals surface area contributed by atoms with Crippen molar-refractivity contribution in [3.63, 3.8) is 0 Å². The monoisotopic (exact) mass is 224 g/mol. The third-order valence-electron chi connectivity index (χ3n) is 3.72. The van der Waals surface area contributed by atoms with Gasteiger partial charge in [-0.1, -0.05) is 62.0 Å². The van der Waals surface area contributed by atoms with E-state index in [1.165, 1.54) is 48.0 Å². The Morgan fingerprint density at radius 2 is 1.47 bits per heavy atom. The number of hydrogen-bond donors (Lipinski definition) is 0. The van der Waals surface area contributed by atoms with E-state index in [1.807, 2.05) is 0 Å². The molecular formula is C14H29Al. The lowest BCUT2D eigenvalue weighted by molar-refractivity contribution is 0.420. The Morgan fingerprint density at radius 1 is 1.00 bits per heavy atom. The van der Waals surface area contributed by atoms with Gasteiger partial charge in [0.2, 0.25) is 0 Å². The molecule has 0 aromatic rings. The summed E-state index contributed by atoms with van der Waals surface area (Å²) in [4.78, 5) is 0. The molecule has 1 saturated carbocycles. The van der Waals surface area contributed by atoms with Gasteiger partial charge in [-0.15, -0.1) is 6.58 Å². The molecule has 0 unspecified atom stereocenters. The Balaban J connectivity index is 0.000000265. The second-order valence-corrected chi connectivity index (χ2v) is 8.91. The normalized spacial score (nSPS) is 16.5. The lowest BCUT2D eigenvalue weighted by atomic mass is 9.90. The van der Waals surface area contributed by atoms with E-state index in [0.29, 0.717) is 0 Å². The van der Waals surface area contributed by atoms with Gasteiger partial charge < -0.3 is 0 Å². The van der Waals surface area contributed by atoms with E-state index < -0.39 is 0 Å². The van der Waals surface area contributed by atoms with Crippen LogP contribution in [0.5, 0.6) is 0 Å². The summed E-state index contributed by atoms with van der Waals surface area (Å²) in [7, 11) is 0. The van der Waals surface area contributed by atoms with Crippen molar-refractivity contribution in [1.29, 1.82) is 0 Å². The highest BCUT2D eigenvalue weighted by molar-refractivity contribution is 6.58. The van der Waals surface area contributed by atoms with Crippen LogP contribution in [0.15, 0.2) is 12.7 Å². The first-order valence-corrected chi connectivity index (χ1v) is 9.35. The molecule has 0 atom stereocenters. The second-order valence-electron chi connectivity index (χ2n) is 4.72. The molecule has 0 aliphatic heterocycles. The highest BCUT2D eigenvalue weighted by Gasteiger charge is 2.08. The Labute approximate surface area is 102 Å². The highest BCUT2D eigenvalue weighted by Crippen LogP contribution is 2.23. The van der Waals surface area contributed by atoms with Gasteiger partial charge in [0.05, 0.1) is 0 Å². The van der Waals surface area contributed by atoms with Crippen LogP contribution in [0.1, 0.15) is 52.9 Å². The minimum absolute atomic E-state index is 0.171. The average Bonchev–Trinajstić information content (AvgIpc) is 2.33. The third-order valence-corrected chi connectivity index (χ3v) is 7.18. The molecule has 0 nitrogen and oxygen atoms in total. The largest absolute Gasteiger partial charge is 0.261 e. The zero-order chi connectivity index (χ0) is 11.5. The molecule has 0 bridgehead atoms. The summed E-state index contributed by atoms with van der Waals surface area (Å²) in [6.07, 6.45) is 9.20. The quantitative estimate of drug-likeness (QED) is 0.449. The maximum absolute atomic E-state index is 3.78. The number of hydrogen-bond acceptors (Lipinski definition) is 0. The van der Waals surface area contributed by atoms with Crippen LogP contribution in [0.25, 0.3) is 0 Å². The summed E-state index contributed by atoms with van der Waals surface area (Å²) in [5, 5.41) is 4.48. The SMILES string of the molecule is C=CC1CCCCC1.C[CH2][Al]([CH2]C)[CH2]C.